The van der Waals surface area contributed by atoms with Gasteiger partial charge in [-0.2, -0.15) is 0 Å². The van der Waals surface area contributed by atoms with E-state index in [2.05, 4.69) is 112 Å². The molecule has 0 saturated heterocycles. The number of hydrogen-bond donors (Lipinski definition) is 0. The molecule has 3 aromatic carbocycles. The van der Waals surface area contributed by atoms with Crippen LogP contribution < -0.4 is 10.4 Å². The molecule has 0 aliphatic rings. The van der Waals surface area contributed by atoms with Gasteiger partial charge in [0, 0.05) is 22.3 Å². The second-order valence-corrected chi connectivity index (χ2v) is 13.7. The highest BCUT2D eigenvalue weighted by Crippen LogP contribution is 2.21. The minimum atomic E-state index is -0.847. The molecule has 0 heterocycles. The van der Waals surface area contributed by atoms with Gasteiger partial charge in [0.1, 0.15) is 0 Å². The third kappa shape index (κ3) is 10.8. The van der Waals surface area contributed by atoms with E-state index in [1.807, 2.05) is 48.6 Å². The van der Waals surface area contributed by atoms with Gasteiger partial charge >= 0.3 is 0 Å². The standard InChI is InChI=1S/C38H42O2Si2/c1-7-27-37(5,28-8-2)39-41-35-23-19-33(20-24-35)17-15-31-11-13-32(14-12-31)16-18-34-21-25-36(26-22-34)42-40-38(6,29-9-3)30-10-4/h7-14,19-26H,1-4,27-30,41-42H2,5-6H3. The fourth-order valence-corrected chi connectivity index (χ4v) is 6.79. The first-order chi connectivity index (χ1) is 20.3. The molecule has 2 nitrogen and oxygen atoms in total. The molecule has 0 atom stereocenters. The Balaban J connectivity index is 1.54. The summed E-state index contributed by atoms with van der Waals surface area (Å²) >= 11 is 0. The molecule has 42 heavy (non-hydrogen) atoms. The summed E-state index contributed by atoms with van der Waals surface area (Å²) in [5.41, 5.74) is 3.46. The van der Waals surface area contributed by atoms with Crippen molar-refractivity contribution in [2.24, 2.45) is 0 Å². The summed E-state index contributed by atoms with van der Waals surface area (Å²) in [5.74, 6) is 13.0. The molecule has 0 aliphatic heterocycles. The van der Waals surface area contributed by atoms with Crippen LogP contribution in [0.3, 0.4) is 0 Å². The third-order valence-electron chi connectivity index (χ3n) is 6.97. The van der Waals surface area contributed by atoms with E-state index in [-0.39, 0.29) is 11.2 Å². The molecule has 0 amide bonds. The highest BCUT2D eigenvalue weighted by atomic mass is 28.2. The fraction of sp³-hybridized carbons (Fsp3) is 0.211. The van der Waals surface area contributed by atoms with Crippen LogP contribution in [-0.2, 0) is 8.85 Å². The molecule has 0 bridgehead atoms. The first-order valence-corrected chi connectivity index (χ1v) is 16.9. The molecule has 0 N–H and O–H groups in total. The van der Waals surface area contributed by atoms with Crippen molar-refractivity contribution in [2.45, 2.75) is 50.7 Å². The molecule has 4 heteroatoms. The summed E-state index contributed by atoms with van der Waals surface area (Å²) in [7, 11) is -1.69. The fourth-order valence-electron chi connectivity index (χ4n) is 4.43. The van der Waals surface area contributed by atoms with Crippen molar-refractivity contribution in [1.82, 2.24) is 0 Å². The number of hydrogen-bond acceptors (Lipinski definition) is 2. The van der Waals surface area contributed by atoms with Gasteiger partial charge < -0.3 is 8.85 Å². The van der Waals surface area contributed by atoms with Crippen molar-refractivity contribution in [3.05, 3.63) is 146 Å². The summed E-state index contributed by atoms with van der Waals surface area (Å²) < 4.78 is 12.6. The summed E-state index contributed by atoms with van der Waals surface area (Å²) in [4.78, 5) is 0. The number of rotatable bonds is 14. The molecule has 3 aromatic rings. The van der Waals surface area contributed by atoms with Gasteiger partial charge in [0.2, 0.25) is 0 Å². The van der Waals surface area contributed by atoms with Gasteiger partial charge in [-0.15, -0.1) is 26.3 Å². The van der Waals surface area contributed by atoms with Crippen molar-refractivity contribution in [3.8, 4) is 23.7 Å². The highest BCUT2D eigenvalue weighted by molar-refractivity contribution is 6.47. The normalized spacial score (nSPS) is 11.5. The van der Waals surface area contributed by atoms with Gasteiger partial charge in [-0.25, -0.2) is 0 Å². The number of benzene rings is 3. The Labute approximate surface area is 258 Å². The van der Waals surface area contributed by atoms with E-state index in [1.165, 1.54) is 10.4 Å². The lowest BCUT2D eigenvalue weighted by atomic mass is 9.99. The molecule has 0 aromatic heterocycles. The van der Waals surface area contributed by atoms with Crippen LogP contribution >= 0.6 is 0 Å². The predicted molar refractivity (Wildman–Crippen MR) is 186 cm³/mol. The van der Waals surface area contributed by atoms with Crippen LogP contribution in [-0.4, -0.2) is 30.7 Å². The molecular weight excluding hydrogens is 545 g/mol. The lowest BCUT2D eigenvalue weighted by Gasteiger charge is -2.28. The van der Waals surface area contributed by atoms with E-state index in [9.17, 15) is 0 Å². The van der Waals surface area contributed by atoms with E-state index in [0.717, 1.165) is 47.9 Å². The summed E-state index contributed by atoms with van der Waals surface area (Å²) in [6, 6.07) is 24.8. The Morgan fingerprint density at radius 1 is 0.500 bits per heavy atom. The average Bonchev–Trinajstić information content (AvgIpc) is 2.99. The van der Waals surface area contributed by atoms with E-state index < -0.39 is 19.5 Å². The van der Waals surface area contributed by atoms with Crippen molar-refractivity contribution < 1.29 is 8.85 Å². The molecule has 0 aliphatic carbocycles. The molecule has 0 saturated carbocycles. The zero-order valence-electron chi connectivity index (χ0n) is 25.1. The van der Waals surface area contributed by atoms with E-state index >= 15 is 0 Å². The van der Waals surface area contributed by atoms with E-state index in [1.54, 1.807) is 0 Å². The maximum atomic E-state index is 6.31. The molecule has 0 fully saturated rings. The van der Waals surface area contributed by atoms with Crippen LogP contribution in [0.25, 0.3) is 0 Å². The Kier molecular flexibility index (Phi) is 12.8. The van der Waals surface area contributed by atoms with Crippen molar-refractivity contribution in [3.63, 3.8) is 0 Å². The lowest BCUT2D eigenvalue weighted by molar-refractivity contribution is 0.104. The van der Waals surface area contributed by atoms with Crippen LogP contribution in [0, 0.1) is 23.7 Å². The second-order valence-electron chi connectivity index (χ2n) is 10.9. The SMILES string of the molecule is C=CCC(C)(CC=C)O[SiH2]c1ccc(C#Cc2ccc(C#Cc3ccc([SiH2]OC(C)(CC=C)CC=C)cc3)cc2)cc1. The van der Waals surface area contributed by atoms with Crippen LogP contribution in [0.4, 0.5) is 0 Å². The highest BCUT2D eigenvalue weighted by Gasteiger charge is 2.22. The lowest BCUT2D eigenvalue weighted by Crippen LogP contribution is -2.33. The van der Waals surface area contributed by atoms with E-state index in [0.29, 0.717) is 0 Å². The smallest absolute Gasteiger partial charge is 0.193 e. The quantitative estimate of drug-likeness (QED) is 0.136. The third-order valence-corrected chi connectivity index (χ3v) is 10.3. The van der Waals surface area contributed by atoms with E-state index in [4.69, 9.17) is 8.85 Å². The van der Waals surface area contributed by atoms with Crippen LogP contribution in [0.2, 0.25) is 0 Å². The van der Waals surface area contributed by atoms with Gasteiger partial charge in [0.05, 0.1) is 11.2 Å². The van der Waals surface area contributed by atoms with Gasteiger partial charge in [-0.1, -0.05) is 72.3 Å². The first-order valence-electron chi connectivity index (χ1n) is 14.3. The molecule has 3 rings (SSSR count). The zero-order chi connectivity index (χ0) is 30.3. The molecular formula is C38H42O2Si2. The molecule has 0 spiro atoms. The summed E-state index contributed by atoms with van der Waals surface area (Å²) in [6.07, 6.45) is 10.9. The van der Waals surface area contributed by atoms with Gasteiger partial charge in [-0.3, -0.25) is 0 Å². The van der Waals surface area contributed by atoms with Crippen LogP contribution in [0.5, 0.6) is 0 Å². The van der Waals surface area contributed by atoms with Gasteiger partial charge in [-0.05, 0) is 98.4 Å². The van der Waals surface area contributed by atoms with Gasteiger partial charge in [0.15, 0.2) is 19.5 Å². The monoisotopic (exact) mass is 586 g/mol. The topological polar surface area (TPSA) is 18.5 Å². The van der Waals surface area contributed by atoms with Gasteiger partial charge in [0.25, 0.3) is 0 Å². The first kappa shape index (κ1) is 32.6. The van der Waals surface area contributed by atoms with Crippen molar-refractivity contribution in [2.75, 3.05) is 0 Å². The second kappa shape index (κ2) is 16.5. The minimum absolute atomic E-state index is 0.217. The zero-order valence-corrected chi connectivity index (χ0v) is 28.0. The largest absolute Gasteiger partial charge is 0.413 e. The average molecular weight is 587 g/mol. The molecule has 214 valence electrons. The molecule has 0 unspecified atom stereocenters. The Hall–Kier alpha value is -3.91. The summed E-state index contributed by atoms with van der Waals surface area (Å²) in [5, 5.41) is 2.51. The Bertz CT molecular complexity index is 1330. The van der Waals surface area contributed by atoms with Crippen molar-refractivity contribution in [1.29, 1.82) is 0 Å². The molecule has 0 radical (unpaired) electrons. The maximum Gasteiger partial charge on any atom is 0.193 e. The Morgan fingerprint density at radius 2 is 0.738 bits per heavy atom. The van der Waals surface area contributed by atoms with Crippen molar-refractivity contribution >= 4 is 29.9 Å². The summed E-state index contributed by atoms with van der Waals surface area (Å²) in [6.45, 7) is 19.7. The maximum absolute atomic E-state index is 6.31. The van der Waals surface area contributed by atoms with Crippen LogP contribution in [0.1, 0.15) is 61.8 Å². The Morgan fingerprint density at radius 3 is 0.976 bits per heavy atom. The van der Waals surface area contributed by atoms with Crippen LogP contribution in [0.15, 0.2) is 123 Å². The predicted octanol–water partition coefficient (Wildman–Crippen LogP) is 5.76. The minimum Gasteiger partial charge on any atom is -0.413 e.